The van der Waals surface area contributed by atoms with Crippen LogP contribution in [-0.4, -0.2) is 28.7 Å². The molecular weight excluding hydrogens is 474 g/mol. The second-order valence-corrected chi connectivity index (χ2v) is 9.94. The Morgan fingerprint density at radius 1 is 1.00 bits per heavy atom. The summed E-state index contributed by atoms with van der Waals surface area (Å²) in [6, 6.07) is 22.5. The first-order valence-electron chi connectivity index (χ1n) is 13.6. The number of hydrogen-bond acceptors (Lipinski definition) is 4. The zero-order chi connectivity index (χ0) is 26.9. The van der Waals surface area contributed by atoms with Crippen LogP contribution in [0, 0.1) is 13.8 Å². The molecule has 3 aromatic carbocycles. The highest BCUT2D eigenvalue weighted by atomic mass is 16.5. The number of nitrogens with zero attached hydrogens (tertiary/aromatic N) is 2. The van der Waals surface area contributed by atoms with Crippen LogP contribution in [0.2, 0.25) is 0 Å². The Balaban J connectivity index is 1.29. The minimum atomic E-state index is -0.169. The number of aryl methyl sites for hydroxylation is 3. The Hall–Kier alpha value is -3.80. The Morgan fingerprint density at radius 3 is 2.58 bits per heavy atom. The second-order valence-electron chi connectivity index (χ2n) is 9.94. The fourth-order valence-electron chi connectivity index (χ4n) is 4.43. The van der Waals surface area contributed by atoms with E-state index in [4.69, 9.17) is 14.5 Å². The number of aromatic nitrogens is 2. The zero-order valence-corrected chi connectivity index (χ0v) is 23.0. The van der Waals surface area contributed by atoms with Crippen molar-refractivity contribution >= 4 is 16.9 Å². The maximum atomic E-state index is 12.5. The van der Waals surface area contributed by atoms with Gasteiger partial charge in [0, 0.05) is 6.54 Å². The van der Waals surface area contributed by atoms with Crippen LogP contribution in [0.1, 0.15) is 61.5 Å². The number of carbonyl (C=O) groups excluding carboxylic acids is 1. The van der Waals surface area contributed by atoms with Crippen molar-refractivity contribution < 1.29 is 14.3 Å². The number of ether oxygens (including phenoxy) is 2. The molecule has 38 heavy (non-hydrogen) atoms. The summed E-state index contributed by atoms with van der Waals surface area (Å²) >= 11 is 0. The van der Waals surface area contributed by atoms with Crippen molar-refractivity contribution in [3.05, 3.63) is 89.2 Å². The number of nitrogens with one attached hydrogen (secondary N) is 1. The molecule has 0 aliphatic rings. The van der Waals surface area contributed by atoms with Gasteiger partial charge in [0.05, 0.1) is 24.2 Å². The van der Waals surface area contributed by atoms with Crippen molar-refractivity contribution in [2.24, 2.45) is 0 Å². The predicted octanol–water partition coefficient (Wildman–Crippen LogP) is 6.72. The largest absolute Gasteiger partial charge is 0.494 e. The lowest BCUT2D eigenvalue weighted by Crippen LogP contribution is -2.29. The first kappa shape index (κ1) is 27.2. The summed E-state index contributed by atoms with van der Waals surface area (Å²) in [5.41, 5.74) is 5.47. The molecule has 1 amide bonds. The molecule has 4 rings (SSSR count). The van der Waals surface area contributed by atoms with E-state index in [1.165, 1.54) is 5.56 Å². The highest BCUT2D eigenvalue weighted by Gasteiger charge is 2.12. The molecule has 1 aromatic heterocycles. The number of rotatable bonds is 13. The molecule has 6 nitrogen and oxygen atoms in total. The molecule has 0 fully saturated rings. The van der Waals surface area contributed by atoms with Crippen LogP contribution in [0.25, 0.3) is 11.0 Å². The molecule has 0 saturated carbocycles. The van der Waals surface area contributed by atoms with Gasteiger partial charge in [0.15, 0.2) is 6.61 Å². The summed E-state index contributed by atoms with van der Waals surface area (Å²) in [6.07, 6.45) is 3.01. The molecule has 4 aromatic rings. The normalized spacial score (nSPS) is 11.9. The Labute approximate surface area is 226 Å². The fraction of sp³-hybridized carbons (Fsp3) is 0.375. The van der Waals surface area contributed by atoms with Gasteiger partial charge in [-0.15, -0.1) is 0 Å². The first-order chi connectivity index (χ1) is 18.4. The molecule has 1 unspecified atom stereocenters. The topological polar surface area (TPSA) is 65.4 Å². The van der Waals surface area contributed by atoms with E-state index < -0.39 is 0 Å². The fourth-order valence-corrected chi connectivity index (χ4v) is 4.43. The van der Waals surface area contributed by atoms with Gasteiger partial charge in [-0.3, -0.25) is 4.79 Å². The lowest BCUT2D eigenvalue weighted by molar-refractivity contribution is -0.123. The average Bonchev–Trinajstić information content (AvgIpc) is 3.29. The Morgan fingerprint density at radius 2 is 1.79 bits per heavy atom. The van der Waals surface area contributed by atoms with Crippen LogP contribution >= 0.6 is 0 Å². The molecule has 1 heterocycles. The molecule has 0 spiro atoms. The number of amides is 1. The van der Waals surface area contributed by atoms with E-state index in [-0.39, 0.29) is 12.5 Å². The van der Waals surface area contributed by atoms with E-state index in [1.54, 1.807) is 0 Å². The summed E-state index contributed by atoms with van der Waals surface area (Å²) in [5, 5.41) is 2.97. The minimum Gasteiger partial charge on any atom is -0.494 e. The van der Waals surface area contributed by atoms with Crippen LogP contribution in [0.3, 0.4) is 0 Å². The summed E-state index contributed by atoms with van der Waals surface area (Å²) < 4.78 is 13.9. The van der Waals surface area contributed by atoms with Crippen molar-refractivity contribution in [3.8, 4) is 11.5 Å². The van der Waals surface area contributed by atoms with Crippen molar-refractivity contribution in [3.63, 3.8) is 0 Å². The molecule has 1 N–H and O–H groups in total. The van der Waals surface area contributed by atoms with Gasteiger partial charge < -0.3 is 19.4 Å². The number of benzene rings is 3. The molecule has 0 aliphatic heterocycles. The summed E-state index contributed by atoms with van der Waals surface area (Å²) in [4.78, 5) is 17.3. The van der Waals surface area contributed by atoms with Gasteiger partial charge >= 0.3 is 0 Å². The quantitative estimate of drug-likeness (QED) is 0.202. The lowest BCUT2D eigenvalue weighted by Gasteiger charge is -2.13. The Kier molecular flexibility index (Phi) is 9.41. The van der Waals surface area contributed by atoms with Crippen LogP contribution in [0.15, 0.2) is 66.7 Å². The lowest BCUT2D eigenvalue weighted by atomic mass is 9.99. The number of unbranched alkanes of at least 4 members (excludes halogenated alkanes) is 1. The van der Waals surface area contributed by atoms with Crippen LogP contribution in [0.4, 0.5) is 0 Å². The van der Waals surface area contributed by atoms with Crippen LogP contribution in [0.5, 0.6) is 11.5 Å². The van der Waals surface area contributed by atoms with E-state index in [2.05, 4.69) is 54.1 Å². The highest BCUT2D eigenvalue weighted by Crippen LogP contribution is 2.22. The number of carbonyl (C=O) groups is 1. The molecule has 0 aliphatic carbocycles. The average molecular weight is 514 g/mol. The van der Waals surface area contributed by atoms with Crippen molar-refractivity contribution in [2.75, 3.05) is 13.2 Å². The third-order valence-corrected chi connectivity index (χ3v) is 6.99. The highest BCUT2D eigenvalue weighted by molar-refractivity contribution is 5.78. The summed E-state index contributed by atoms with van der Waals surface area (Å²) in [5.74, 6) is 2.89. The summed E-state index contributed by atoms with van der Waals surface area (Å²) in [6.45, 7) is 10.2. The standard InChI is InChI=1S/C32H39N3O3/c1-5-24(3)26-14-16-27(17-15-26)37-19-9-8-18-35-29-11-7-6-10-28(29)34-31(35)21-33-32(36)22-38-30-20-23(2)12-13-25(30)4/h6-7,10-17,20,24H,5,8-9,18-19,21-22H2,1-4H3,(H,33,36). The van der Waals surface area contributed by atoms with E-state index in [9.17, 15) is 4.79 Å². The number of fused-ring (bicyclic) bond motifs is 1. The third kappa shape index (κ3) is 7.15. The number of para-hydroxylation sites is 2. The number of hydrogen-bond donors (Lipinski definition) is 1. The van der Waals surface area contributed by atoms with Gasteiger partial charge in [0.2, 0.25) is 0 Å². The van der Waals surface area contributed by atoms with E-state index in [0.717, 1.165) is 65.3 Å². The van der Waals surface area contributed by atoms with Gasteiger partial charge in [0.25, 0.3) is 5.91 Å². The zero-order valence-electron chi connectivity index (χ0n) is 23.0. The number of imidazole rings is 1. The van der Waals surface area contributed by atoms with E-state index in [1.807, 2.05) is 50.2 Å². The first-order valence-corrected chi connectivity index (χ1v) is 13.6. The Bertz CT molecular complexity index is 1340. The monoisotopic (exact) mass is 513 g/mol. The van der Waals surface area contributed by atoms with Crippen molar-refractivity contribution in [1.29, 1.82) is 0 Å². The van der Waals surface area contributed by atoms with Crippen molar-refractivity contribution in [2.45, 2.75) is 66.0 Å². The second kappa shape index (κ2) is 13.1. The molecule has 0 bridgehead atoms. The van der Waals surface area contributed by atoms with E-state index >= 15 is 0 Å². The maximum Gasteiger partial charge on any atom is 0.258 e. The van der Waals surface area contributed by atoms with Crippen LogP contribution in [-0.2, 0) is 17.9 Å². The predicted molar refractivity (Wildman–Crippen MR) is 153 cm³/mol. The van der Waals surface area contributed by atoms with Gasteiger partial charge in [0.1, 0.15) is 17.3 Å². The molecular formula is C32H39N3O3. The molecule has 0 radical (unpaired) electrons. The smallest absolute Gasteiger partial charge is 0.258 e. The molecule has 1 atom stereocenters. The van der Waals surface area contributed by atoms with Crippen LogP contribution < -0.4 is 14.8 Å². The maximum absolute atomic E-state index is 12.5. The van der Waals surface area contributed by atoms with Crippen molar-refractivity contribution in [1.82, 2.24) is 14.9 Å². The van der Waals surface area contributed by atoms with E-state index in [0.29, 0.717) is 19.1 Å². The SMILES string of the molecule is CCC(C)c1ccc(OCCCCn2c(CNC(=O)COc3cc(C)ccc3C)nc3ccccc32)cc1. The third-order valence-electron chi connectivity index (χ3n) is 6.99. The molecule has 6 heteroatoms. The minimum absolute atomic E-state index is 0.0276. The van der Waals surface area contributed by atoms with Gasteiger partial charge in [-0.05, 0) is 86.1 Å². The van der Waals surface area contributed by atoms with Gasteiger partial charge in [-0.1, -0.05) is 50.2 Å². The van der Waals surface area contributed by atoms with Gasteiger partial charge in [-0.25, -0.2) is 4.98 Å². The molecule has 200 valence electrons. The van der Waals surface area contributed by atoms with Gasteiger partial charge in [-0.2, -0.15) is 0 Å². The summed E-state index contributed by atoms with van der Waals surface area (Å²) in [7, 11) is 0. The molecule has 0 saturated heterocycles.